The molecule has 3 rings (SSSR count). The van der Waals surface area contributed by atoms with Crippen LogP contribution in [0, 0.1) is 22.6 Å². The van der Waals surface area contributed by atoms with E-state index in [1.165, 1.54) is 6.07 Å². The standard InChI is InChI=1S/C18H21FN2O2/c1-17(2,3)23-16(22)21-10-18(11-21)7-13(8-18)14-5-4-12(9-20)6-15(14)19/h4-6,13H,7-8,10-11H2,1-3H3. The summed E-state index contributed by atoms with van der Waals surface area (Å²) < 4.78 is 19.4. The average molecular weight is 316 g/mol. The van der Waals surface area contributed by atoms with Gasteiger partial charge in [-0.1, -0.05) is 6.07 Å². The van der Waals surface area contributed by atoms with Crippen LogP contribution < -0.4 is 0 Å². The molecular weight excluding hydrogens is 295 g/mol. The zero-order valence-corrected chi connectivity index (χ0v) is 13.7. The zero-order valence-electron chi connectivity index (χ0n) is 13.7. The highest BCUT2D eigenvalue weighted by atomic mass is 19.1. The van der Waals surface area contributed by atoms with Crippen molar-refractivity contribution in [1.82, 2.24) is 4.90 Å². The fourth-order valence-electron chi connectivity index (χ4n) is 3.61. The summed E-state index contributed by atoms with van der Waals surface area (Å²) in [6.45, 7) is 6.95. The Kier molecular flexibility index (Phi) is 3.59. The minimum Gasteiger partial charge on any atom is -0.444 e. The molecule has 1 heterocycles. The third-order valence-electron chi connectivity index (χ3n) is 4.63. The van der Waals surface area contributed by atoms with Gasteiger partial charge in [0.25, 0.3) is 0 Å². The predicted molar refractivity (Wildman–Crippen MR) is 83.3 cm³/mol. The van der Waals surface area contributed by atoms with Crippen molar-refractivity contribution in [3.63, 3.8) is 0 Å². The Hall–Kier alpha value is -2.09. The number of carbonyl (C=O) groups is 1. The monoisotopic (exact) mass is 316 g/mol. The topological polar surface area (TPSA) is 53.3 Å². The lowest BCUT2D eigenvalue weighted by atomic mass is 9.56. The van der Waals surface area contributed by atoms with E-state index in [1.54, 1.807) is 17.0 Å². The summed E-state index contributed by atoms with van der Waals surface area (Å²) in [5, 5.41) is 8.79. The Morgan fingerprint density at radius 3 is 2.57 bits per heavy atom. The Balaban J connectivity index is 1.55. The Bertz CT molecular complexity index is 673. The van der Waals surface area contributed by atoms with E-state index < -0.39 is 5.60 Å². The van der Waals surface area contributed by atoms with Crippen LogP contribution in [-0.4, -0.2) is 29.7 Å². The molecule has 0 bridgehead atoms. The number of amides is 1. The van der Waals surface area contributed by atoms with Gasteiger partial charge >= 0.3 is 6.09 Å². The second-order valence-corrected chi connectivity index (χ2v) is 7.79. The van der Waals surface area contributed by atoms with Crippen molar-refractivity contribution in [2.45, 2.75) is 45.1 Å². The molecule has 0 unspecified atom stereocenters. The van der Waals surface area contributed by atoms with Gasteiger partial charge in [-0.15, -0.1) is 0 Å². The molecule has 1 aliphatic heterocycles. The first kappa shape index (κ1) is 15.8. The number of benzene rings is 1. The quantitative estimate of drug-likeness (QED) is 0.791. The number of halogens is 1. The molecule has 5 heteroatoms. The number of hydrogen-bond acceptors (Lipinski definition) is 3. The molecule has 0 N–H and O–H groups in total. The first-order valence-corrected chi connectivity index (χ1v) is 7.89. The molecular formula is C18H21FN2O2. The van der Waals surface area contributed by atoms with E-state index in [-0.39, 0.29) is 23.2 Å². The van der Waals surface area contributed by atoms with Gasteiger partial charge in [-0.05, 0) is 57.2 Å². The minimum absolute atomic E-state index is 0.127. The normalized spacial score (nSPS) is 19.7. The zero-order chi connectivity index (χ0) is 16.8. The molecule has 1 aromatic carbocycles. The molecule has 4 nitrogen and oxygen atoms in total. The average Bonchev–Trinajstić information content (AvgIpc) is 2.34. The molecule has 0 aromatic heterocycles. The molecule has 122 valence electrons. The number of carbonyl (C=O) groups excluding carboxylic acids is 1. The van der Waals surface area contributed by atoms with Crippen LogP contribution in [0.1, 0.15) is 50.7 Å². The van der Waals surface area contributed by atoms with Crippen LogP contribution in [0.15, 0.2) is 18.2 Å². The summed E-state index contributed by atoms with van der Waals surface area (Å²) in [6.07, 6.45) is 1.50. The second-order valence-electron chi connectivity index (χ2n) is 7.79. The molecule has 0 atom stereocenters. The molecule has 1 aromatic rings. The molecule has 1 spiro atoms. The van der Waals surface area contributed by atoms with Gasteiger partial charge in [0.05, 0.1) is 11.6 Å². The number of likely N-dealkylation sites (tertiary alicyclic amines) is 1. The van der Waals surface area contributed by atoms with Crippen LogP contribution in [0.2, 0.25) is 0 Å². The van der Waals surface area contributed by atoms with Crippen molar-refractivity contribution >= 4 is 6.09 Å². The van der Waals surface area contributed by atoms with Gasteiger partial charge in [-0.3, -0.25) is 0 Å². The van der Waals surface area contributed by atoms with Crippen molar-refractivity contribution in [1.29, 1.82) is 5.26 Å². The molecule has 23 heavy (non-hydrogen) atoms. The van der Waals surface area contributed by atoms with Crippen molar-refractivity contribution in [2.75, 3.05) is 13.1 Å². The Morgan fingerprint density at radius 2 is 2.04 bits per heavy atom. The molecule has 2 fully saturated rings. The Morgan fingerprint density at radius 1 is 1.39 bits per heavy atom. The van der Waals surface area contributed by atoms with Crippen molar-refractivity contribution in [2.24, 2.45) is 5.41 Å². The summed E-state index contributed by atoms with van der Waals surface area (Å²) in [5.41, 5.74) is 0.681. The van der Waals surface area contributed by atoms with E-state index in [0.29, 0.717) is 24.2 Å². The number of nitriles is 1. The van der Waals surface area contributed by atoms with E-state index in [1.807, 2.05) is 26.8 Å². The lowest BCUT2D eigenvalue weighted by Crippen LogP contribution is -2.63. The maximum absolute atomic E-state index is 14.0. The highest BCUT2D eigenvalue weighted by Crippen LogP contribution is 2.56. The van der Waals surface area contributed by atoms with E-state index in [2.05, 4.69) is 0 Å². The predicted octanol–water partition coefficient (Wildman–Crippen LogP) is 3.81. The summed E-state index contributed by atoms with van der Waals surface area (Å²) in [4.78, 5) is 13.7. The Labute approximate surface area is 135 Å². The lowest BCUT2D eigenvalue weighted by molar-refractivity contribution is -0.0790. The molecule has 1 saturated carbocycles. The van der Waals surface area contributed by atoms with Crippen molar-refractivity contribution in [3.05, 3.63) is 35.1 Å². The maximum atomic E-state index is 14.0. The van der Waals surface area contributed by atoms with E-state index >= 15 is 0 Å². The third-order valence-corrected chi connectivity index (χ3v) is 4.63. The summed E-state index contributed by atoms with van der Waals surface area (Å²) in [6, 6.07) is 6.63. The van der Waals surface area contributed by atoms with Gasteiger partial charge in [-0.25, -0.2) is 9.18 Å². The van der Waals surface area contributed by atoms with Gasteiger partial charge in [0.2, 0.25) is 0 Å². The van der Waals surface area contributed by atoms with Crippen LogP contribution in [0.3, 0.4) is 0 Å². The van der Waals surface area contributed by atoms with Crippen LogP contribution in [-0.2, 0) is 4.74 Å². The summed E-state index contributed by atoms with van der Waals surface area (Å²) in [5.74, 6) is -0.115. The third kappa shape index (κ3) is 3.03. The fraction of sp³-hybridized carbons (Fsp3) is 0.556. The van der Waals surface area contributed by atoms with Gasteiger partial charge in [-0.2, -0.15) is 5.26 Å². The van der Waals surface area contributed by atoms with Crippen LogP contribution in [0.4, 0.5) is 9.18 Å². The smallest absolute Gasteiger partial charge is 0.410 e. The molecule has 0 radical (unpaired) electrons. The van der Waals surface area contributed by atoms with Crippen LogP contribution >= 0.6 is 0 Å². The first-order chi connectivity index (χ1) is 10.7. The molecule has 2 aliphatic rings. The second kappa shape index (κ2) is 5.23. The van der Waals surface area contributed by atoms with Gasteiger partial charge < -0.3 is 9.64 Å². The van der Waals surface area contributed by atoms with Crippen molar-refractivity contribution in [3.8, 4) is 6.07 Å². The van der Waals surface area contributed by atoms with E-state index in [9.17, 15) is 9.18 Å². The number of ether oxygens (including phenoxy) is 1. The SMILES string of the molecule is CC(C)(C)OC(=O)N1CC2(CC(c3ccc(C#N)cc3F)C2)C1. The van der Waals surface area contributed by atoms with E-state index in [4.69, 9.17) is 10.00 Å². The molecule has 1 amide bonds. The number of rotatable bonds is 1. The highest BCUT2D eigenvalue weighted by Gasteiger charge is 2.54. The largest absolute Gasteiger partial charge is 0.444 e. The summed E-state index contributed by atoms with van der Waals surface area (Å²) in [7, 11) is 0. The first-order valence-electron chi connectivity index (χ1n) is 7.89. The minimum atomic E-state index is -0.479. The van der Waals surface area contributed by atoms with Crippen LogP contribution in [0.25, 0.3) is 0 Å². The van der Waals surface area contributed by atoms with Crippen LogP contribution in [0.5, 0.6) is 0 Å². The van der Waals surface area contributed by atoms with Gasteiger partial charge in [0.15, 0.2) is 0 Å². The number of hydrogen-bond donors (Lipinski definition) is 0. The van der Waals surface area contributed by atoms with Gasteiger partial charge in [0, 0.05) is 18.5 Å². The van der Waals surface area contributed by atoms with Gasteiger partial charge in [0.1, 0.15) is 11.4 Å². The molecule has 1 aliphatic carbocycles. The molecule has 1 saturated heterocycles. The fourth-order valence-corrected chi connectivity index (χ4v) is 3.61. The summed E-state index contributed by atoms with van der Waals surface area (Å²) >= 11 is 0. The highest BCUT2D eigenvalue weighted by molar-refractivity contribution is 5.69. The lowest BCUT2D eigenvalue weighted by Gasteiger charge is -2.58. The van der Waals surface area contributed by atoms with E-state index in [0.717, 1.165) is 12.8 Å². The maximum Gasteiger partial charge on any atom is 0.410 e. The number of nitrogens with zero attached hydrogens (tertiary/aromatic N) is 2. The van der Waals surface area contributed by atoms with Crippen molar-refractivity contribution < 1.29 is 13.9 Å².